The second-order valence-electron chi connectivity index (χ2n) is 4.96. The van der Waals surface area contributed by atoms with Crippen LogP contribution in [-0.4, -0.2) is 10.2 Å². The number of fused-ring (bicyclic) bond motifs is 1. The summed E-state index contributed by atoms with van der Waals surface area (Å²) in [6, 6.07) is 1.57. The van der Waals surface area contributed by atoms with Gasteiger partial charge in [-0.2, -0.15) is 5.10 Å². The Hall–Kier alpha value is -1.38. The number of benzene rings is 1. The summed E-state index contributed by atoms with van der Waals surface area (Å²) in [5, 5.41) is 7.50. The molecule has 0 bridgehead atoms. The molecule has 1 aromatic carbocycles. The summed E-state index contributed by atoms with van der Waals surface area (Å²) in [5.41, 5.74) is 2.65. The van der Waals surface area contributed by atoms with Gasteiger partial charge >= 0.3 is 0 Å². The Morgan fingerprint density at radius 2 is 2.00 bits per heavy atom. The van der Waals surface area contributed by atoms with E-state index < -0.39 is 0 Å². The van der Waals surface area contributed by atoms with E-state index in [0.29, 0.717) is 5.52 Å². The number of nitrogens with zero attached hydrogens (tertiary/aromatic N) is 1. The second-order valence-corrected chi connectivity index (χ2v) is 4.96. The van der Waals surface area contributed by atoms with Gasteiger partial charge in [-0.15, -0.1) is 0 Å². The minimum Gasteiger partial charge on any atom is -0.275 e. The first-order chi connectivity index (χ1) is 6.91. The van der Waals surface area contributed by atoms with Gasteiger partial charge in [-0.1, -0.05) is 20.8 Å². The minimum absolute atomic E-state index is 0.0000926. The van der Waals surface area contributed by atoms with Gasteiger partial charge < -0.3 is 0 Å². The molecule has 0 saturated carbocycles. The minimum atomic E-state index is -0.229. The third-order valence-electron chi connectivity index (χ3n) is 2.64. The van der Waals surface area contributed by atoms with Crippen molar-refractivity contribution in [2.45, 2.75) is 33.1 Å². The van der Waals surface area contributed by atoms with Crippen LogP contribution in [0.15, 0.2) is 12.3 Å². The molecule has 0 saturated heterocycles. The van der Waals surface area contributed by atoms with Gasteiger partial charge in [0, 0.05) is 5.39 Å². The number of hydrogen-bond acceptors (Lipinski definition) is 1. The van der Waals surface area contributed by atoms with Crippen LogP contribution in [0, 0.1) is 12.7 Å². The van der Waals surface area contributed by atoms with Crippen molar-refractivity contribution in [2.75, 3.05) is 0 Å². The fourth-order valence-electron chi connectivity index (χ4n) is 2.20. The Labute approximate surface area is 88.5 Å². The molecule has 80 valence electrons. The summed E-state index contributed by atoms with van der Waals surface area (Å²) in [5.74, 6) is -0.229. The molecule has 0 spiro atoms. The van der Waals surface area contributed by atoms with Gasteiger partial charge in [0.2, 0.25) is 0 Å². The summed E-state index contributed by atoms with van der Waals surface area (Å²) < 4.78 is 13.6. The molecule has 0 aliphatic carbocycles. The number of halogens is 1. The van der Waals surface area contributed by atoms with Crippen molar-refractivity contribution < 1.29 is 4.39 Å². The first kappa shape index (κ1) is 10.1. The van der Waals surface area contributed by atoms with Gasteiger partial charge in [0.1, 0.15) is 11.3 Å². The van der Waals surface area contributed by atoms with Gasteiger partial charge in [0.25, 0.3) is 0 Å². The molecule has 0 fully saturated rings. The zero-order valence-corrected chi connectivity index (χ0v) is 9.48. The van der Waals surface area contributed by atoms with Crippen LogP contribution >= 0.6 is 0 Å². The fourth-order valence-corrected chi connectivity index (χ4v) is 2.20. The molecule has 3 heteroatoms. The van der Waals surface area contributed by atoms with E-state index in [1.165, 1.54) is 0 Å². The Morgan fingerprint density at radius 3 is 2.60 bits per heavy atom. The highest BCUT2D eigenvalue weighted by Crippen LogP contribution is 2.33. The number of aromatic amines is 1. The van der Waals surface area contributed by atoms with Crippen LogP contribution in [-0.2, 0) is 5.41 Å². The average molecular weight is 206 g/mol. The number of nitrogens with one attached hydrogen (secondary N) is 1. The van der Waals surface area contributed by atoms with Crippen LogP contribution in [0.25, 0.3) is 10.9 Å². The molecule has 0 aliphatic rings. The lowest BCUT2D eigenvalue weighted by Gasteiger charge is -2.22. The van der Waals surface area contributed by atoms with Crippen LogP contribution in [0.4, 0.5) is 4.39 Å². The Morgan fingerprint density at radius 1 is 1.33 bits per heavy atom. The molecule has 2 nitrogen and oxygen atoms in total. The zero-order chi connectivity index (χ0) is 11.2. The third kappa shape index (κ3) is 1.52. The highest BCUT2D eigenvalue weighted by Gasteiger charge is 2.21. The number of aromatic nitrogens is 2. The molecule has 1 aromatic heterocycles. The largest absolute Gasteiger partial charge is 0.275 e. The Kier molecular flexibility index (Phi) is 2.07. The molecule has 2 rings (SSSR count). The number of H-pyrrole nitrogens is 1. The van der Waals surface area contributed by atoms with E-state index in [0.717, 1.165) is 16.5 Å². The Bertz CT molecular complexity index is 506. The third-order valence-corrected chi connectivity index (χ3v) is 2.64. The summed E-state index contributed by atoms with van der Waals surface area (Å²) in [4.78, 5) is 0. The fraction of sp³-hybridized carbons (Fsp3) is 0.417. The molecule has 1 heterocycles. The molecule has 0 unspecified atom stereocenters. The van der Waals surface area contributed by atoms with Crippen LogP contribution in [0.2, 0.25) is 0 Å². The van der Waals surface area contributed by atoms with Crippen molar-refractivity contribution in [3.8, 4) is 0 Å². The van der Waals surface area contributed by atoms with E-state index in [2.05, 4.69) is 31.0 Å². The highest BCUT2D eigenvalue weighted by molar-refractivity contribution is 5.84. The van der Waals surface area contributed by atoms with E-state index >= 15 is 0 Å². The molecule has 0 amide bonds. The highest BCUT2D eigenvalue weighted by atomic mass is 19.1. The summed E-state index contributed by atoms with van der Waals surface area (Å²) in [6.07, 6.45) is 1.70. The Balaban J connectivity index is 2.89. The lowest BCUT2D eigenvalue weighted by Crippen LogP contribution is -2.13. The van der Waals surface area contributed by atoms with Crippen LogP contribution < -0.4 is 0 Å². The summed E-state index contributed by atoms with van der Waals surface area (Å²) in [7, 11) is 0. The lowest BCUT2D eigenvalue weighted by atomic mass is 9.82. The maximum Gasteiger partial charge on any atom is 0.149 e. The van der Waals surface area contributed by atoms with E-state index in [1.807, 2.05) is 6.92 Å². The van der Waals surface area contributed by atoms with Crippen molar-refractivity contribution in [1.82, 2.24) is 10.2 Å². The molecule has 0 atom stereocenters. The van der Waals surface area contributed by atoms with E-state index in [1.54, 1.807) is 12.3 Å². The summed E-state index contributed by atoms with van der Waals surface area (Å²) >= 11 is 0. The van der Waals surface area contributed by atoms with Gasteiger partial charge in [-0.3, -0.25) is 5.10 Å². The standard InChI is InChI=1S/C12H15FN2/c1-7-5-9(13)11-8(6-14-15-11)10(7)12(2,3)4/h5-6H,1-4H3,(H,14,15). The van der Waals surface area contributed by atoms with Crippen molar-refractivity contribution in [1.29, 1.82) is 0 Å². The average Bonchev–Trinajstić information content (AvgIpc) is 2.49. The molecule has 2 aromatic rings. The first-order valence-electron chi connectivity index (χ1n) is 5.04. The van der Waals surface area contributed by atoms with Crippen LogP contribution in [0.3, 0.4) is 0 Å². The summed E-state index contributed by atoms with van der Waals surface area (Å²) in [6.45, 7) is 8.31. The molecule has 0 radical (unpaired) electrons. The van der Waals surface area contributed by atoms with Crippen molar-refractivity contribution >= 4 is 10.9 Å². The first-order valence-corrected chi connectivity index (χ1v) is 5.04. The van der Waals surface area contributed by atoms with Crippen molar-refractivity contribution in [2.24, 2.45) is 0 Å². The molecular formula is C12H15FN2. The maximum absolute atomic E-state index is 13.6. The topological polar surface area (TPSA) is 28.7 Å². The molecule has 15 heavy (non-hydrogen) atoms. The van der Waals surface area contributed by atoms with Gasteiger partial charge in [-0.05, 0) is 29.5 Å². The van der Waals surface area contributed by atoms with E-state index in [-0.39, 0.29) is 11.2 Å². The smallest absolute Gasteiger partial charge is 0.149 e. The van der Waals surface area contributed by atoms with Gasteiger partial charge in [0.15, 0.2) is 0 Å². The van der Waals surface area contributed by atoms with E-state index in [9.17, 15) is 4.39 Å². The predicted octanol–water partition coefficient (Wildman–Crippen LogP) is 3.31. The number of aryl methyl sites for hydroxylation is 1. The molecule has 0 aliphatic heterocycles. The van der Waals surface area contributed by atoms with Crippen LogP contribution in [0.5, 0.6) is 0 Å². The monoisotopic (exact) mass is 206 g/mol. The SMILES string of the molecule is Cc1cc(F)c2[nH]ncc2c1C(C)(C)C. The van der Waals surface area contributed by atoms with Crippen LogP contribution in [0.1, 0.15) is 31.9 Å². The van der Waals surface area contributed by atoms with Gasteiger partial charge in [0.05, 0.1) is 6.20 Å². The quantitative estimate of drug-likeness (QED) is 0.703. The molecule has 1 N–H and O–H groups in total. The zero-order valence-electron chi connectivity index (χ0n) is 9.48. The van der Waals surface area contributed by atoms with Gasteiger partial charge in [-0.25, -0.2) is 4.39 Å². The van der Waals surface area contributed by atoms with E-state index in [4.69, 9.17) is 0 Å². The number of rotatable bonds is 0. The molecular weight excluding hydrogens is 191 g/mol. The number of hydrogen-bond donors (Lipinski definition) is 1. The van der Waals surface area contributed by atoms with Crippen molar-refractivity contribution in [3.05, 3.63) is 29.2 Å². The lowest BCUT2D eigenvalue weighted by molar-refractivity contribution is 0.587. The predicted molar refractivity (Wildman–Crippen MR) is 59.5 cm³/mol. The maximum atomic E-state index is 13.6. The normalized spacial score (nSPS) is 12.3. The second kappa shape index (κ2) is 3.05. The van der Waals surface area contributed by atoms with Crippen molar-refractivity contribution in [3.63, 3.8) is 0 Å².